The highest BCUT2D eigenvalue weighted by molar-refractivity contribution is 7.13. The van der Waals surface area contributed by atoms with E-state index in [9.17, 15) is 5.11 Å². The van der Waals surface area contributed by atoms with E-state index in [0.717, 1.165) is 16.3 Å². The zero-order chi connectivity index (χ0) is 12.5. The van der Waals surface area contributed by atoms with E-state index in [1.54, 1.807) is 21.0 Å². The van der Waals surface area contributed by atoms with Crippen LogP contribution in [-0.2, 0) is 5.60 Å². The second-order valence-corrected chi connectivity index (χ2v) is 5.16. The summed E-state index contributed by atoms with van der Waals surface area (Å²) in [6.45, 7) is 3.46. The van der Waals surface area contributed by atoms with Crippen LogP contribution in [0.3, 0.4) is 0 Å². The molecule has 0 aliphatic rings. The Bertz CT molecular complexity index is 514. The third-order valence-corrected chi connectivity index (χ3v) is 3.34. The monoisotopic (exact) mass is 249 g/mol. The van der Waals surface area contributed by atoms with Crippen LogP contribution < -0.4 is 4.74 Å². The Hall–Kier alpha value is -1.39. The van der Waals surface area contributed by atoms with Gasteiger partial charge in [-0.05, 0) is 26.0 Å². The zero-order valence-electron chi connectivity index (χ0n) is 10.1. The van der Waals surface area contributed by atoms with Crippen LogP contribution in [0.1, 0.15) is 19.5 Å². The van der Waals surface area contributed by atoms with E-state index >= 15 is 0 Å². The average Bonchev–Trinajstić information content (AvgIpc) is 2.77. The third kappa shape index (κ3) is 2.48. The number of aromatic nitrogens is 1. The van der Waals surface area contributed by atoms with Crippen molar-refractivity contribution >= 4 is 11.3 Å². The molecule has 0 atom stereocenters. The fourth-order valence-corrected chi connectivity index (χ4v) is 2.51. The van der Waals surface area contributed by atoms with Crippen LogP contribution >= 0.6 is 11.3 Å². The molecule has 1 heterocycles. The molecule has 0 aliphatic carbocycles. The van der Waals surface area contributed by atoms with Crippen LogP contribution in [0.15, 0.2) is 29.6 Å². The maximum absolute atomic E-state index is 9.89. The van der Waals surface area contributed by atoms with Gasteiger partial charge in [-0.2, -0.15) is 0 Å². The number of hydrogen-bond donors (Lipinski definition) is 1. The van der Waals surface area contributed by atoms with Crippen molar-refractivity contribution in [2.45, 2.75) is 19.4 Å². The molecule has 0 fully saturated rings. The van der Waals surface area contributed by atoms with E-state index < -0.39 is 5.60 Å². The minimum atomic E-state index is -0.906. The summed E-state index contributed by atoms with van der Waals surface area (Å²) in [6.07, 6.45) is 0. The van der Waals surface area contributed by atoms with Crippen molar-refractivity contribution in [3.05, 3.63) is 35.3 Å². The minimum absolute atomic E-state index is 0.684. The van der Waals surface area contributed by atoms with Gasteiger partial charge in [0.25, 0.3) is 0 Å². The molecule has 1 N–H and O–H groups in total. The van der Waals surface area contributed by atoms with Gasteiger partial charge in [-0.25, -0.2) is 4.98 Å². The first-order valence-corrected chi connectivity index (χ1v) is 6.22. The highest BCUT2D eigenvalue weighted by atomic mass is 32.1. The van der Waals surface area contributed by atoms with Gasteiger partial charge in [-0.3, -0.25) is 0 Å². The molecule has 3 nitrogen and oxygen atoms in total. The molecule has 0 saturated heterocycles. The predicted molar refractivity (Wildman–Crippen MR) is 69.3 cm³/mol. The zero-order valence-corrected chi connectivity index (χ0v) is 10.9. The summed E-state index contributed by atoms with van der Waals surface area (Å²) < 4.78 is 5.30. The summed E-state index contributed by atoms with van der Waals surface area (Å²) in [6, 6.07) is 7.74. The topological polar surface area (TPSA) is 42.4 Å². The van der Waals surface area contributed by atoms with Crippen molar-refractivity contribution in [1.82, 2.24) is 4.98 Å². The van der Waals surface area contributed by atoms with Crippen molar-refractivity contribution in [2.24, 2.45) is 0 Å². The molecule has 1 aromatic heterocycles. The Kier molecular flexibility index (Phi) is 3.17. The maximum atomic E-state index is 9.89. The molecule has 1 aromatic carbocycles. The average molecular weight is 249 g/mol. The number of aliphatic hydroxyl groups is 1. The number of rotatable bonds is 3. The molecular formula is C13H15NO2S. The van der Waals surface area contributed by atoms with E-state index in [4.69, 9.17) is 4.74 Å². The van der Waals surface area contributed by atoms with Crippen molar-refractivity contribution in [2.75, 3.05) is 7.11 Å². The van der Waals surface area contributed by atoms with E-state index in [1.807, 2.05) is 29.6 Å². The van der Waals surface area contributed by atoms with Crippen LogP contribution in [0.5, 0.6) is 5.75 Å². The van der Waals surface area contributed by atoms with E-state index in [-0.39, 0.29) is 0 Å². The van der Waals surface area contributed by atoms with E-state index in [1.165, 1.54) is 11.3 Å². The lowest BCUT2D eigenvalue weighted by Gasteiger charge is -2.13. The first-order chi connectivity index (χ1) is 8.02. The van der Waals surface area contributed by atoms with E-state index in [2.05, 4.69) is 4.98 Å². The SMILES string of the molecule is COc1ccccc1-c1nc(C(C)(C)O)cs1. The van der Waals surface area contributed by atoms with Gasteiger partial charge in [0.05, 0.1) is 18.4 Å². The van der Waals surface area contributed by atoms with Gasteiger partial charge in [0.2, 0.25) is 0 Å². The van der Waals surface area contributed by atoms with Gasteiger partial charge in [0.15, 0.2) is 0 Å². The summed E-state index contributed by atoms with van der Waals surface area (Å²) in [5, 5.41) is 12.6. The fourth-order valence-electron chi connectivity index (χ4n) is 1.50. The standard InChI is InChI=1S/C13H15NO2S/c1-13(2,15)11-8-17-12(14-11)9-6-4-5-7-10(9)16-3/h4-8,15H,1-3H3. The second kappa shape index (κ2) is 4.47. The molecule has 0 bridgehead atoms. The number of nitrogens with zero attached hydrogens (tertiary/aromatic N) is 1. The Balaban J connectivity index is 2.44. The molecule has 2 aromatic rings. The van der Waals surface area contributed by atoms with Crippen molar-refractivity contribution in [3.8, 4) is 16.3 Å². The van der Waals surface area contributed by atoms with Crippen LogP contribution in [0.25, 0.3) is 10.6 Å². The summed E-state index contributed by atoms with van der Waals surface area (Å²) in [5.74, 6) is 0.796. The normalized spacial score (nSPS) is 11.5. The highest BCUT2D eigenvalue weighted by Crippen LogP contribution is 2.33. The second-order valence-electron chi connectivity index (χ2n) is 4.30. The number of thiazole rings is 1. The van der Waals surface area contributed by atoms with Gasteiger partial charge >= 0.3 is 0 Å². The Morgan fingerprint density at radius 2 is 2.00 bits per heavy atom. The lowest BCUT2D eigenvalue weighted by molar-refractivity contribution is 0.0746. The number of benzene rings is 1. The first kappa shape index (κ1) is 12.1. The van der Waals surface area contributed by atoms with Crippen molar-refractivity contribution < 1.29 is 9.84 Å². The van der Waals surface area contributed by atoms with Crippen LogP contribution in [-0.4, -0.2) is 17.2 Å². The molecule has 17 heavy (non-hydrogen) atoms. The molecule has 0 amide bonds. The Morgan fingerprint density at radius 3 is 2.59 bits per heavy atom. The third-order valence-electron chi connectivity index (χ3n) is 2.47. The molecule has 90 valence electrons. The summed E-state index contributed by atoms with van der Waals surface area (Å²) in [7, 11) is 1.64. The van der Waals surface area contributed by atoms with Gasteiger partial charge < -0.3 is 9.84 Å². The molecule has 0 spiro atoms. The van der Waals surface area contributed by atoms with E-state index in [0.29, 0.717) is 5.69 Å². The number of methoxy groups -OCH3 is 1. The lowest BCUT2D eigenvalue weighted by atomic mass is 10.1. The van der Waals surface area contributed by atoms with Gasteiger partial charge in [-0.1, -0.05) is 12.1 Å². The quantitative estimate of drug-likeness (QED) is 0.909. The predicted octanol–water partition coefficient (Wildman–Crippen LogP) is 3.05. The van der Waals surface area contributed by atoms with Crippen LogP contribution in [0, 0.1) is 0 Å². The highest BCUT2D eigenvalue weighted by Gasteiger charge is 2.20. The molecule has 0 unspecified atom stereocenters. The number of para-hydroxylation sites is 1. The number of ether oxygens (including phenoxy) is 1. The molecular weight excluding hydrogens is 234 g/mol. The smallest absolute Gasteiger partial charge is 0.129 e. The largest absolute Gasteiger partial charge is 0.496 e. The van der Waals surface area contributed by atoms with Crippen LogP contribution in [0.2, 0.25) is 0 Å². The van der Waals surface area contributed by atoms with Gasteiger partial charge in [-0.15, -0.1) is 11.3 Å². The summed E-state index contributed by atoms with van der Waals surface area (Å²) in [5.41, 5.74) is 0.732. The summed E-state index contributed by atoms with van der Waals surface area (Å²) in [4.78, 5) is 4.45. The first-order valence-electron chi connectivity index (χ1n) is 5.34. The molecule has 0 radical (unpaired) electrons. The molecule has 4 heteroatoms. The number of hydrogen-bond acceptors (Lipinski definition) is 4. The van der Waals surface area contributed by atoms with Gasteiger partial charge in [0.1, 0.15) is 16.4 Å². The lowest BCUT2D eigenvalue weighted by Crippen LogP contribution is -2.15. The fraction of sp³-hybridized carbons (Fsp3) is 0.308. The van der Waals surface area contributed by atoms with Crippen LogP contribution in [0.4, 0.5) is 0 Å². The van der Waals surface area contributed by atoms with Crippen molar-refractivity contribution in [1.29, 1.82) is 0 Å². The Labute approximate surface area is 105 Å². The molecule has 0 aliphatic heterocycles. The maximum Gasteiger partial charge on any atom is 0.129 e. The Morgan fingerprint density at radius 1 is 1.29 bits per heavy atom. The minimum Gasteiger partial charge on any atom is -0.496 e. The van der Waals surface area contributed by atoms with Crippen molar-refractivity contribution in [3.63, 3.8) is 0 Å². The molecule has 0 saturated carbocycles. The molecule has 2 rings (SSSR count). The summed E-state index contributed by atoms with van der Waals surface area (Å²) >= 11 is 1.51. The van der Waals surface area contributed by atoms with Gasteiger partial charge in [0, 0.05) is 5.38 Å².